The molecule has 3 aromatic carbocycles. The highest BCUT2D eigenvalue weighted by Gasteiger charge is 2.38. The number of benzene rings is 3. The molecular formula is C23H21N2O+. The van der Waals surface area contributed by atoms with E-state index in [-0.39, 0.29) is 5.91 Å². The number of quaternary nitrogens is 1. The Hall–Kier alpha value is -3.17. The van der Waals surface area contributed by atoms with Crippen molar-refractivity contribution >= 4 is 22.9 Å². The number of hydrogen-bond acceptors (Lipinski definition) is 1. The van der Waals surface area contributed by atoms with E-state index in [1.165, 1.54) is 11.1 Å². The van der Waals surface area contributed by atoms with Crippen LogP contribution in [0.1, 0.15) is 5.56 Å². The number of fused-ring (bicyclic) bond motifs is 1. The molecule has 0 saturated heterocycles. The smallest absolute Gasteiger partial charge is 0.257 e. The van der Waals surface area contributed by atoms with Crippen molar-refractivity contribution in [3.8, 4) is 11.1 Å². The zero-order chi connectivity index (χ0) is 18.1. The molecule has 0 fully saturated rings. The summed E-state index contributed by atoms with van der Waals surface area (Å²) in [5.41, 5.74) is 6.32. The van der Waals surface area contributed by atoms with E-state index >= 15 is 0 Å². The van der Waals surface area contributed by atoms with Gasteiger partial charge in [-0.05, 0) is 29.3 Å². The lowest BCUT2D eigenvalue weighted by Crippen LogP contribution is -2.31. The quantitative estimate of drug-likeness (QED) is 0.686. The molecule has 1 amide bonds. The second kappa shape index (κ2) is 6.28. The lowest BCUT2D eigenvalue weighted by Gasteiger charge is -2.27. The van der Waals surface area contributed by atoms with E-state index in [9.17, 15) is 4.79 Å². The fourth-order valence-electron chi connectivity index (χ4n) is 3.63. The molecule has 1 unspecified atom stereocenters. The van der Waals surface area contributed by atoms with Crippen LogP contribution in [0.2, 0.25) is 0 Å². The fraction of sp³-hybridized carbons (Fsp3) is 0.0870. The van der Waals surface area contributed by atoms with Crippen LogP contribution < -0.4 is 9.80 Å². The fourth-order valence-corrected chi connectivity index (χ4v) is 3.63. The third-order valence-corrected chi connectivity index (χ3v) is 5.06. The summed E-state index contributed by atoms with van der Waals surface area (Å²) in [5.74, 6) is -0.0554. The SMILES string of the molecule is CNC(=O)C1=C[N+](C)(c2ccc(-c3ccccc3)cc2)c2ccccc21. The summed E-state index contributed by atoms with van der Waals surface area (Å²) >= 11 is 0. The van der Waals surface area contributed by atoms with Gasteiger partial charge in [0, 0.05) is 25.2 Å². The van der Waals surface area contributed by atoms with Gasteiger partial charge in [-0.15, -0.1) is 0 Å². The van der Waals surface area contributed by atoms with Crippen molar-refractivity contribution in [2.75, 3.05) is 14.1 Å². The molecule has 0 spiro atoms. The molecule has 0 bridgehead atoms. The van der Waals surface area contributed by atoms with E-state index in [4.69, 9.17) is 0 Å². The number of nitrogens with one attached hydrogen (secondary N) is 1. The standard InChI is InChI=1S/C23H20N2O/c1-24-23(26)21-16-25(2,22-11-7-6-10-20(21)22)19-14-12-18(13-15-19)17-8-4-3-5-9-17/h3-16H,1-2H3/p+1. The first-order valence-electron chi connectivity index (χ1n) is 8.70. The lowest BCUT2D eigenvalue weighted by molar-refractivity contribution is -0.115. The van der Waals surface area contributed by atoms with E-state index in [1.807, 2.05) is 42.6 Å². The van der Waals surface area contributed by atoms with Gasteiger partial charge in [-0.1, -0.05) is 42.5 Å². The summed E-state index contributed by atoms with van der Waals surface area (Å²) in [7, 11) is 3.79. The van der Waals surface area contributed by atoms with Gasteiger partial charge in [0.05, 0.1) is 12.6 Å². The van der Waals surface area contributed by atoms with Gasteiger partial charge in [0.2, 0.25) is 0 Å². The summed E-state index contributed by atoms with van der Waals surface area (Å²) in [5, 5.41) is 2.75. The topological polar surface area (TPSA) is 29.1 Å². The Bertz CT molecular complexity index is 990. The van der Waals surface area contributed by atoms with Crippen molar-refractivity contribution in [1.29, 1.82) is 0 Å². The molecule has 3 aromatic rings. The molecule has 0 aliphatic carbocycles. The zero-order valence-electron chi connectivity index (χ0n) is 14.9. The summed E-state index contributed by atoms with van der Waals surface area (Å²) in [6.07, 6.45) is 2.03. The van der Waals surface area contributed by atoms with Crippen LogP contribution in [0.4, 0.5) is 11.4 Å². The molecule has 0 aromatic heterocycles. The highest BCUT2D eigenvalue weighted by molar-refractivity contribution is 6.22. The molecule has 0 saturated carbocycles. The third kappa shape index (κ3) is 2.54. The van der Waals surface area contributed by atoms with Gasteiger partial charge in [0.1, 0.15) is 17.5 Å². The van der Waals surface area contributed by atoms with E-state index in [2.05, 4.69) is 54.8 Å². The lowest BCUT2D eigenvalue weighted by atomic mass is 10.0. The molecule has 4 rings (SSSR count). The Morgan fingerprint density at radius 3 is 2.12 bits per heavy atom. The van der Waals surface area contributed by atoms with E-state index in [0.29, 0.717) is 4.48 Å². The maximum Gasteiger partial charge on any atom is 0.257 e. The number of rotatable bonds is 3. The molecule has 1 aliphatic rings. The van der Waals surface area contributed by atoms with Gasteiger partial charge in [0.25, 0.3) is 5.91 Å². The first kappa shape index (κ1) is 16.3. The Labute approximate surface area is 153 Å². The first-order chi connectivity index (χ1) is 12.6. The minimum Gasteiger partial charge on any atom is -0.355 e. The number of carbonyl (C=O) groups is 1. The van der Waals surface area contributed by atoms with E-state index in [0.717, 1.165) is 22.5 Å². The molecule has 0 radical (unpaired) electrons. The number of para-hydroxylation sites is 1. The average molecular weight is 341 g/mol. The zero-order valence-corrected chi connectivity index (χ0v) is 14.9. The molecule has 3 heteroatoms. The van der Waals surface area contributed by atoms with Crippen molar-refractivity contribution < 1.29 is 4.79 Å². The maximum atomic E-state index is 12.3. The van der Waals surface area contributed by atoms with Gasteiger partial charge in [-0.25, -0.2) is 4.48 Å². The van der Waals surface area contributed by atoms with Crippen LogP contribution in [0.15, 0.2) is 85.1 Å². The number of likely N-dealkylation sites (N-methyl/N-ethyl adjacent to an activating group) is 1. The Morgan fingerprint density at radius 2 is 1.42 bits per heavy atom. The van der Waals surface area contributed by atoms with Crippen molar-refractivity contribution in [2.24, 2.45) is 0 Å². The summed E-state index contributed by atoms with van der Waals surface area (Å²) in [4.78, 5) is 12.3. The first-order valence-corrected chi connectivity index (χ1v) is 8.70. The second-order valence-corrected chi connectivity index (χ2v) is 6.63. The molecule has 1 N–H and O–H groups in total. The van der Waals surface area contributed by atoms with Crippen molar-refractivity contribution in [1.82, 2.24) is 9.80 Å². The van der Waals surface area contributed by atoms with Crippen LogP contribution in [0.25, 0.3) is 16.7 Å². The van der Waals surface area contributed by atoms with Gasteiger partial charge in [-0.2, -0.15) is 0 Å². The van der Waals surface area contributed by atoms with Crippen LogP contribution in [-0.2, 0) is 4.79 Å². The van der Waals surface area contributed by atoms with Crippen LogP contribution >= 0.6 is 0 Å². The van der Waals surface area contributed by atoms with Gasteiger partial charge in [-0.3, -0.25) is 4.79 Å². The summed E-state index contributed by atoms with van der Waals surface area (Å²) in [6.45, 7) is 0. The highest BCUT2D eigenvalue weighted by Crippen LogP contribution is 2.45. The molecule has 1 atom stereocenters. The van der Waals surface area contributed by atoms with E-state index in [1.54, 1.807) is 7.05 Å². The molecular weight excluding hydrogens is 320 g/mol. The molecule has 3 nitrogen and oxygen atoms in total. The molecule has 128 valence electrons. The number of amides is 1. The van der Waals surface area contributed by atoms with Gasteiger partial charge in [0.15, 0.2) is 5.69 Å². The maximum absolute atomic E-state index is 12.3. The summed E-state index contributed by atoms with van der Waals surface area (Å²) < 4.78 is 0.480. The minimum absolute atomic E-state index is 0.0554. The normalized spacial score (nSPS) is 18.2. The molecule has 26 heavy (non-hydrogen) atoms. The molecule has 1 aliphatic heterocycles. The predicted molar refractivity (Wildman–Crippen MR) is 108 cm³/mol. The number of nitrogens with zero attached hydrogens (tertiary/aromatic N) is 1. The molecule has 1 heterocycles. The van der Waals surface area contributed by atoms with E-state index < -0.39 is 0 Å². The predicted octanol–water partition coefficient (Wildman–Crippen LogP) is 4.72. The van der Waals surface area contributed by atoms with Gasteiger partial charge < -0.3 is 5.32 Å². The minimum atomic E-state index is -0.0554. The van der Waals surface area contributed by atoms with Crippen LogP contribution in [0, 0.1) is 0 Å². The number of carbonyl (C=O) groups excluding carboxylic acids is 1. The van der Waals surface area contributed by atoms with Crippen molar-refractivity contribution in [3.05, 3.63) is 90.6 Å². The van der Waals surface area contributed by atoms with Crippen LogP contribution in [0.3, 0.4) is 0 Å². The van der Waals surface area contributed by atoms with Crippen LogP contribution in [-0.4, -0.2) is 20.0 Å². The summed E-state index contributed by atoms with van der Waals surface area (Å²) in [6, 6.07) is 27.0. The van der Waals surface area contributed by atoms with Crippen molar-refractivity contribution in [2.45, 2.75) is 0 Å². The van der Waals surface area contributed by atoms with Crippen molar-refractivity contribution in [3.63, 3.8) is 0 Å². The Kier molecular flexibility index (Phi) is 3.94. The third-order valence-electron chi connectivity index (χ3n) is 5.06. The Balaban J connectivity index is 1.79. The van der Waals surface area contributed by atoms with Crippen LogP contribution in [0.5, 0.6) is 0 Å². The monoisotopic (exact) mass is 341 g/mol. The van der Waals surface area contributed by atoms with Gasteiger partial charge >= 0.3 is 0 Å². The average Bonchev–Trinajstić information content (AvgIpc) is 3.02. The largest absolute Gasteiger partial charge is 0.355 e. The number of hydrogen-bond donors (Lipinski definition) is 1. The highest BCUT2D eigenvalue weighted by atomic mass is 16.1. The Morgan fingerprint density at radius 1 is 0.808 bits per heavy atom. The second-order valence-electron chi connectivity index (χ2n) is 6.63.